The summed E-state index contributed by atoms with van der Waals surface area (Å²) in [5.41, 5.74) is 5.66. The van der Waals surface area contributed by atoms with Crippen molar-refractivity contribution >= 4 is 0 Å². The van der Waals surface area contributed by atoms with E-state index in [2.05, 4.69) is 0 Å². The quantitative estimate of drug-likeness (QED) is 0.570. The maximum absolute atomic E-state index is 9.16. The van der Waals surface area contributed by atoms with Gasteiger partial charge in [0.05, 0.1) is 25.4 Å². The average Bonchev–Trinajstić information content (AvgIpc) is 2.35. The van der Waals surface area contributed by atoms with Crippen LogP contribution in [0.15, 0.2) is 0 Å². The van der Waals surface area contributed by atoms with Gasteiger partial charge < -0.3 is 20.3 Å². The van der Waals surface area contributed by atoms with E-state index in [1.54, 1.807) is 13.8 Å². The van der Waals surface area contributed by atoms with Crippen LogP contribution in [0.5, 0.6) is 0 Å². The zero-order chi connectivity index (χ0) is 8.48. The lowest BCUT2D eigenvalue weighted by Crippen LogP contribution is -2.52. The summed E-state index contributed by atoms with van der Waals surface area (Å²) in [6, 6.07) is -0.481. The van der Waals surface area contributed by atoms with E-state index in [9.17, 15) is 0 Å². The Morgan fingerprint density at radius 3 is 2.27 bits per heavy atom. The molecular formula is C7H15NO3. The Labute approximate surface area is 66.3 Å². The normalized spacial score (nSPS) is 28.4. The second kappa shape index (κ2) is 3.06. The van der Waals surface area contributed by atoms with Crippen LogP contribution >= 0.6 is 0 Å². The van der Waals surface area contributed by atoms with Crippen LogP contribution in [0.3, 0.4) is 0 Å². The number of aliphatic hydroxyl groups excluding tert-OH is 1. The van der Waals surface area contributed by atoms with Crippen molar-refractivity contribution < 1.29 is 14.6 Å². The molecular weight excluding hydrogens is 146 g/mol. The number of aliphatic hydroxyl groups is 1. The lowest BCUT2D eigenvalue weighted by atomic mass is 10.1. The minimum Gasteiger partial charge on any atom is -0.392 e. The van der Waals surface area contributed by atoms with Gasteiger partial charge in [-0.05, 0) is 13.8 Å². The molecule has 0 aromatic carbocycles. The van der Waals surface area contributed by atoms with Crippen LogP contribution in [0.1, 0.15) is 13.8 Å². The van der Waals surface area contributed by atoms with Gasteiger partial charge in [-0.1, -0.05) is 0 Å². The Morgan fingerprint density at radius 1 is 1.45 bits per heavy atom. The summed E-state index contributed by atoms with van der Waals surface area (Å²) in [5, 5.41) is 9.16. The molecule has 1 heterocycles. The first-order valence-electron chi connectivity index (χ1n) is 3.78. The standard InChI is InChI=1S/C7H15NO3/c1-5(9)6(8)7(2)10-3-4-11-7/h5-6,9H,3-4,8H2,1-2H3. The fraction of sp³-hybridized carbons (Fsp3) is 1.00. The van der Waals surface area contributed by atoms with Crippen molar-refractivity contribution in [2.45, 2.75) is 31.8 Å². The summed E-state index contributed by atoms with van der Waals surface area (Å²) in [5.74, 6) is -0.797. The van der Waals surface area contributed by atoms with E-state index in [1.165, 1.54) is 0 Å². The van der Waals surface area contributed by atoms with Crippen LogP contribution in [0.4, 0.5) is 0 Å². The first-order chi connectivity index (χ1) is 5.06. The van der Waals surface area contributed by atoms with Gasteiger partial charge >= 0.3 is 0 Å². The molecule has 4 nitrogen and oxygen atoms in total. The smallest absolute Gasteiger partial charge is 0.183 e. The number of hydrogen-bond acceptors (Lipinski definition) is 4. The molecule has 0 bridgehead atoms. The molecule has 0 aromatic rings. The number of nitrogens with two attached hydrogens (primary N) is 1. The van der Waals surface area contributed by atoms with Gasteiger partial charge in [0.2, 0.25) is 0 Å². The summed E-state index contributed by atoms with van der Waals surface area (Å²) in [6.45, 7) is 4.48. The maximum Gasteiger partial charge on any atom is 0.183 e. The zero-order valence-corrected chi connectivity index (χ0v) is 6.91. The van der Waals surface area contributed by atoms with Crippen LogP contribution in [0.2, 0.25) is 0 Å². The molecule has 1 saturated heterocycles. The van der Waals surface area contributed by atoms with Gasteiger partial charge in [0.1, 0.15) is 0 Å². The van der Waals surface area contributed by atoms with Gasteiger partial charge in [0, 0.05) is 0 Å². The largest absolute Gasteiger partial charge is 0.392 e. The molecule has 1 rings (SSSR count). The molecule has 0 aliphatic carbocycles. The van der Waals surface area contributed by atoms with E-state index in [0.29, 0.717) is 13.2 Å². The van der Waals surface area contributed by atoms with Crippen LogP contribution < -0.4 is 5.73 Å². The van der Waals surface area contributed by atoms with E-state index < -0.39 is 17.9 Å². The Balaban J connectivity index is 2.56. The molecule has 1 aliphatic rings. The van der Waals surface area contributed by atoms with Crippen molar-refractivity contribution in [3.63, 3.8) is 0 Å². The third-order valence-corrected chi connectivity index (χ3v) is 1.99. The first-order valence-corrected chi connectivity index (χ1v) is 3.78. The Hall–Kier alpha value is -0.160. The van der Waals surface area contributed by atoms with Gasteiger partial charge in [-0.25, -0.2) is 0 Å². The number of ether oxygens (including phenoxy) is 2. The van der Waals surface area contributed by atoms with E-state index in [-0.39, 0.29) is 0 Å². The highest BCUT2D eigenvalue weighted by molar-refractivity contribution is 4.85. The summed E-state index contributed by atoms with van der Waals surface area (Å²) in [4.78, 5) is 0. The van der Waals surface area contributed by atoms with Crippen molar-refractivity contribution in [3.8, 4) is 0 Å². The van der Waals surface area contributed by atoms with Crippen molar-refractivity contribution in [1.29, 1.82) is 0 Å². The highest BCUT2D eigenvalue weighted by atomic mass is 16.7. The van der Waals surface area contributed by atoms with Crippen LogP contribution in [0, 0.1) is 0 Å². The second-order valence-electron chi connectivity index (χ2n) is 2.98. The molecule has 1 aliphatic heterocycles. The lowest BCUT2D eigenvalue weighted by Gasteiger charge is -2.30. The Morgan fingerprint density at radius 2 is 1.91 bits per heavy atom. The fourth-order valence-corrected chi connectivity index (χ4v) is 1.16. The number of rotatable bonds is 2. The van der Waals surface area contributed by atoms with Crippen molar-refractivity contribution in [1.82, 2.24) is 0 Å². The fourth-order valence-electron chi connectivity index (χ4n) is 1.16. The Bertz CT molecular complexity index is 132. The summed E-state index contributed by atoms with van der Waals surface area (Å²) in [6.07, 6.45) is -0.613. The molecule has 0 amide bonds. The molecule has 2 atom stereocenters. The van der Waals surface area contributed by atoms with E-state index in [4.69, 9.17) is 20.3 Å². The second-order valence-corrected chi connectivity index (χ2v) is 2.98. The molecule has 4 heteroatoms. The molecule has 11 heavy (non-hydrogen) atoms. The van der Waals surface area contributed by atoms with E-state index >= 15 is 0 Å². The first kappa shape index (κ1) is 8.93. The van der Waals surface area contributed by atoms with Crippen LogP contribution in [0.25, 0.3) is 0 Å². The molecule has 66 valence electrons. The SMILES string of the molecule is CC(O)C(N)C1(C)OCCO1. The topological polar surface area (TPSA) is 64.7 Å². The molecule has 0 saturated carbocycles. The monoisotopic (exact) mass is 161 g/mol. The predicted molar refractivity (Wildman–Crippen MR) is 40.0 cm³/mol. The van der Waals surface area contributed by atoms with E-state index in [0.717, 1.165) is 0 Å². The highest BCUT2D eigenvalue weighted by Crippen LogP contribution is 2.23. The average molecular weight is 161 g/mol. The summed E-state index contributed by atoms with van der Waals surface area (Å²) in [7, 11) is 0. The molecule has 1 fully saturated rings. The van der Waals surface area contributed by atoms with Crippen LogP contribution in [-0.4, -0.2) is 36.3 Å². The van der Waals surface area contributed by atoms with Crippen molar-refractivity contribution in [3.05, 3.63) is 0 Å². The molecule has 0 radical (unpaired) electrons. The summed E-state index contributed by atoms with van der Waals surface area (Å²) >= 11 is 0. The van der Waals surface area contributed by atoms with Gasteiger partial charge in [-0.15, -0.1) is 0 Å². The molecule has 2 unspecified atom stereocenters. The Kier molecular flexibility index (Phi) is 2.49. The third kappa shape index (κ3) is 1.70. The van der Waals surface area contributed by atoms with Crippen molar-refractivity contribution in [2.75, 3.05) is 13.2 Å². The highest BCUT2D eigenvalue weighted by Gasteiger charge is 2.39. The van der Waals surface area contributed by atoms with Crippen molar-refractivity contribution in [2.24, 2.45) is 5.73 Å². The maximum atomic E-state index is 9.16. The predicted octanol–water partition coefficient (Wildman–Crippen LogP) is -0.542. The minimum absolute atomic E-state index is 0.481. The van der Waals surface area contributed by atoms with Gasteiger partial charge in [-0.3, -0.25) is 0 Å². The molecule has 0 spiro atoms. The lowest BCUT2D eigenvalue weighted by molar-refractivity contribution is -0.173. The van der Waals surface area contributed by atoms with E-state index in [1.807, 2.05) is 0 Å². The van der Waals surface area contributed by atoms with Crippen LogP contribution in [-0.2, 0) is 9.47 Å². The third-order valence-electron chi connectivity index (χ3n) is 1.99. The zero-order valence-electron chi connectivity index (χ0n) is 6.91. The number of hydrogen-bond donors (Lipinski definition) is 2. The molecule has 3 N–H and O–H groups in total. The van der Waals surface area contributed by atoms with Gasteiger partial charge in [-0.2, -0.15) is 0 Å². The van der Waals surface area contributed by atoms with Gasteiger partial charge in [0.25, 0.3) is 0 Å². The summed E-state index contributed by atoms with van der Waals surface area (Å²) < 4.78 is 10.5. The molecule has 0 aromatic heterocycles. The minimum atomic E-state index is -0.797. The van der Waals surface area contributed by atoms with Gasteiger partial charge in [0.15, 0.2) is 5.79 Å².